The number of methoxy groups -OCH3 is 3. The number of hydrogen-bond donors (Lipinski definition) is 7. The normalized spacial score (nSPS) is 9.98. The topological polar surface area (TPSA) is 324 Å². The number of carboxylic acids is 1. The minimum Gasteiger partial charge on any atom is -0.478 e. The second kappa shape index (κ2) is 37.2. The van der Waals surface area contributed by atoms with Crippen molar-refractivity contribution in [3.63, 3.8) is 0 Å². The summed E-state index contributed by atoms with van der Waals surface area (Å²) in [5.74, 6) is 3.80. The van der Waals surface area contributed by atoms with Gasteiger partial charge >= 0.3 is 23.9 Å². The van der Waals surface area contributed by atoms with Gasteiger partial charge in [-0.25, -0.2) is 59.0 Å². The summed E-state index contributed by atoms with van der Waals surface area (Å²) in [6, 6.07) is 67.9. The number of esters is 3. The number of nitrogens with two attached hydrogens (primary N) is 1. The number of halogens is 3. The highest BCUT2D eigenvalue weighted by Gasteiger charge is 2.11. The monoisotopic (exact) mass is 1370 g/mol. The SMILES string of the molecule is COC(=O)c1cccc(N)c1.COC(=O)c1cccc(Nc2cc(Cl)ncn2)c1.COC(=O)c1cccc(Nc2cc(Nc3ccc(Oc4ccccc4)cc3)ncn2)c1.Clc1cc(Cl)ncn1.O=C(O)c1cccc(Nc2cc(Nc3ccc(Oc4ccccc4)cc3)ncn2)c1. The molecule has 24 nitrogen and oxygen atoms in total. The predicted octanol–water partition coefficient (Wildman–Crippen LogP) is 16.5. The first-order valence-electron chi connectivity index (χ1n) is 29.0. The van der Waals surface area contributed by atoms with Gasteiger partial charge < -0.3 is 61.1 Å². The summed E-state index contributed by atoms with van der Waals surface area (Å²) in [6.45, 7) is 0. The van der Waals surface area contributed by atoms with Gasteiger partial charge in [0.15, 0.2) is 0 Å². The molecule has 0 amide bonds. The number of aromatic carboxylic acids is 1. The van der Waals surface area contributed by atoms with Crippen molar-refractivity contribution in [3.8, 4) is 23.0 Å². The number of nitrogen functional groups attached to an aromatic ring is 1. The van der Waals surface area contributed by atoms with E-state index in [0.717, 1.165) is 40.1 Å². The molecule has 0 unspecified atom stereocenters. The Hall–Kier alpha value is -12.8. The van der Waals surface area contributed by atoms with E-state index in [1.165, 1.54) is 58.8 Å². The van der Waals surface area contributed by atoms with Gasteiger partial charge in [-0.3, -0.25) is 0 Å². The van der Waals surface area contributed by atoms with Crippen LogP contribution in [0.5, 0.6) is 23.0 Å². The van der Waals surface area contributed by atoms with Crippen LogP contribution in [-0.4, -0.2) is 90.2 Å². The highest BCUT2D eigenvalue weighted by atomic mass is 35.5. The second-order valence-corrected chi connectivity index (χ2v) is 20.8. The lowest BCUT2D eigenvalue weighted by Crippen LogP contribution is -2.02. The summed E-state index contributed by atoms with van der Waals surface area (Å²) in [5, 5.41) is 25.9. The van der Waals surface area contributed by atoms with Gasteiger partial charge in [0.25, 0.3) is 0 Å². The number of hydrogen-bond acceptors (Lipinski definition) is 23. The van der Waals surface area contributed by atoms with E-state index in [1.807, 2.05) is 121 Å². The Balaban J connectivity index is 0.000000169. The van der Waals surface area contributed by atoms with Gasteiger partial charge in [0.2, 0.25) is 0 Å². The molecule has 4 heterocycles. The van der Waals surface area contributed by atoms with Crippen molar-refractivity contribution < 1.29 is 48.0 Å². The van der Waals surface area contributed by atoms with Crippen LogP contribution < -0.4 is 41.8 Å². The quantitative estimate of drug-likeness (QED) is 0.0182. The molecular formula is C71H59Cl3N14O10. The Kier molecular flexibility index (Phi) is 27.0. The van der Waals surface area contributed by atoms with Crippen LogP contribution in [0, 0.1) is 0 Å². The Bertz CT molecular complexity index is 4560. The van der Waals surface area contributed by atoms with Crippen molar-refractivity contribution >= 4 is 122 Å². The van der Waals surface area contributed by atoms with Gasteiger partial charge in [-0.2, -0.15) is 0 Å². The number of aromatic nitrogens is 8. The van der Waals surface area contributed by atoms with Crippen LogP contribution in [0.3, 0.4) is 0 Å². The maximum Gasteiger partial charge on any atom is 0.337 e. The van der Waals surface area contributed by atoms with Crippen molar-refractivity contribution in [1.82, 2.24) is 39.9 Å². The number of carbonyl (C=O) groups excluding carboxylic acids is 3. The van der Waals surface area contributed by atoms with Crippen molar-refractivity contribution in [2.24, 2.45) is 0 Å². The number of benzene rings is 8. The van der Waals surface area contributed by atoms with Crippen LogP contribution in [0.15, 0.2) is 256 Å². The Labute approximate surface area is 576 Å². The van der Waals surface area contributed by atoms with E-state index in [2.05, 4.69) is 75.9 Å². The van der Waals surface area contributed by atoms with Gasteiger partial charge in [0.05, 0.1) is 43.6 Å². The van der Waals surface area contributed by atoms with Gasteiger partial charge in [-0.05, 0) is 146 Å². The highest BCUT2D eigenvalue weighted by molar-refractivity contribution is 6.33. The number of nitrogens with zero attached hydrogens (tertiary/aromatic N) is 8. The van der Waals surface area contributed by atoms with E-state index in [1.54, 1.807) is 97.1 Å². The summed E-state index contributed by atoms with van der Waals surface area (Å²) >= 11 is 16.6. The predicted molar refractivity (Wildman–Crippen MR) is 377 cm³/mol. The van der Waals surface area contributed by atoms with Gasteiger partial charge in [-0.15, -0.1) is 0 Å². The molecule has 8 N–H and O–H groups in total. The van der Waals surface area contributed by atoms with Gasteiger partial charge in [-0.1, -0.05) is 95.5 Å². The van der Waals surface area contributed by atoms with E-state index < -0.39 is 11.9 Å². The molecule has 0 saturated heterocycles. The standard InChI is InChI=1S/C24H20N4O3.C23H18N4O3.C12H10ClN3O2.C8H9NO2.C4H2Cl2N2/c1-30-24(29)17-6-5-7-19(14-17)28-23-15-22(25-16-26-23)27-18-10-12-21(13-11-18)31-20-8-3-2-4-9-20;28-23(29)16-5-4-6-18(13-16)27-22-14-21(24-15-25-22)26-17-9-11-20(12-10-17)30-19-7-2-1-3-8-19;1-18-12(17)8-3-2-4-9(5-8)16-11-6-10(13)14-7-15-11;1-11-8(10)6-3-2-4-7(9)5-6;5-3-1-4(6)8-2-7-3/h2-16H,1H3,(H2,25,26,27,28);1-15H,(H,28,29)(H2,24,25,26,27);2-7H,1H3,(H,14,15,16);2-5H,9H2,1H3;1-2H. The van der Waals surface area contributed by atoms with Crippen LogP contribution in [0.2, 0.25) is 15.5 Å². The molecule has 8 aromatic carbocycles. The molecule has 12 aromatic rings. The zero-order valence-corrected chi connectivity index (χ0v) is 54.4. The number of nitrogens with one attached hydrogen (secondary N) is 5. The molecule has 27 heteroatoms. The number of ether oxygens (including phenoxy) is 5. The van der Waals surface area contributed by atoms with Crippen LogP contribution in [-0.2, 0) is 14.2 Å². The number of carboxylic acid groups (broad SMARTS) is 1. The molecule has 4 aromatic heterocycles. The molecule has 0 spiro atoms. The number of anilines is 11. The molecule has 12 rings (SSSR count). The largest absolute Gasteiger partial charge is 0.478 e. The fourth-order valence-corrected chi connectivity index (χ4v) is 8.60. The molecule has 494 valence electrons. The number of carbonyl (C=O) groups is 4. The minimum absolute atomic E-state index is 0.199. The smallest absolute Gasteiger partial charge is 0.337 e. The lowest BCUT2D eigenvalue weighted by atomic mass is 10.2. The van der Waals surface area contributed by atoms with E-state index in [9.17, 15) is 19.2 Å². The first kappa shape index (κ1) is 71.1. The third-order valence-corrected chi connectivity index (χ3v) is 13.2. The number of para-hydroxylation sites is 2. The lowest BCUT2D eigenvalue weighted by Gasteiger charge is -2.10. The molecule has 98 heavy (non-hydrogen) atoms. The Morgan fingerprint density at radius 3 is 0.980 bits per heavy atom. The van der Waals surface area contributed by atoms with Crippen molar-refractivity contribution in [1.29, 1.82) is 0 Å². The van der Waals surface area contributed by atoms with Crippen molar-refractivity contribution in [2.45, 2.75) is 0 Å². The molecule has 0 radical (unpaired) electrons. The van der Waals surface area contributed by atoms with E-state index in [0.29, 0.717) is 78.3 Å². The van der Waals surface area contributed by atoms with Crippen molar-refractivity contribution in [2.75, 3.05) is 53.6 Å². The van der Waals surface area contributed by atoms with Gasteiger partial charge in [0.1, 0.15) is 92.9 Å². The molecule has 0 saturated carbocycles. The van der Waals surface area contributed by atoms with Crippen LogP contribution in [0.4, 0.5) is 63.2 Å². The molecular weight excluding hydrogens is 1320 g/mol. The molecule has 0 aliphatic heterocycles. The summed E-state index contributed by atoms with van der Waals surface area (Å²) < 4.78 is 25.5. The lowest BCUT2D eigenvalue weighted by molar-refractivity contribution is 0.0592. The van der Waals surface area contributed by atoms with E-state index in [-0.39, 0.29) is 17.5 Å². The Morgan fingerprint density at radius 1 is 0.327 bits per heavy atom. The van der Waals surface area contributed by atoms with Crippen LogP contribution in [0.1, 0.15) is 41.4 Å². The molecule has 0 aliphatic rings. The van der Waals surface area contributed by atoms with Crippen LogP contribution >= 0.6 is 34.8 Å². The summed E-state index contributed by atoms with van der Waals surface area (Å²) in [6.07, 6.45) is 5.56. The van der Waals surface area contributed by atoms with Crippen LogP contribution in [0.25, 0.3) is 0 Å². The first-order chi connectivity index (χ1) is 47.6. The maximum absolute atomic E-state index is 11.7. The zero-order chi connectivity index (χ0) is 69.4. The average molecular weight is 1370 g/mol. The first-order valence-corrected chi connectivity index (χ1v) is 30.1. The summed E-state index contributed by atoms with van der Waals surface area (Å²) in [4.78, 5) is 77.0. The average Bonchev–Trinajstić information content (AvgIpc) is 0.972. The maximum atomic E-state index is 11.7. The molecule has 0 aliphatic carbocycles. The second-order valence-electron chi connectivity index (χ2n) is 19.6. The minimum atomic E-state index is -0.983. The third kappa shape index (κ3) is 24.0. The van der Waals surface area contributed by atoms with Gasteiger partial charge in [0, 0.05) is 58.4 Å². The van der Waals surface area contributed by atoms with Crippen molar-refractivity contribution in [3.05, 3.63) is 294 Å². The highest BCUT2D eigenvalue weighted by Crippen LogP contribution is 2.28. The third-order valence-electron chi connectivity index (χ3n) is 12.6. The molecule has 0 fully saturated rings. The summed E-state index contributed by atoms with van der Waals surface area (Å²) in [5.41, 5.74) is 11.4. The fraction of sp³-hybridized carbons (Fsp3) is 0.0423. The van der Waals surface area contributed by atoms with E-state index >= 15 is 0 Å². The summed E-state index contributed by atoms with van der Waals surface area (Å²) in [7, 11) is 4.03. The molecule has 0 bridgehead atoms. The van der Waals surface area contributed by atoms with E-state index in [4.69, 9.17) is 59.9 Å². The molecule has 0 atom stereocenters. The number of rotatable bonds is 18. The Morgan fingerprint density at radius 2 is 0.633 bits per heavy atom. The fourth-order valence-electron chi connectivity index (χ4n) is 8.10. The zero-order valence-electron chi connectivity index (χ0n) is 52.2.